The van der Waals surface area contributed by atoms with Crippen LogP contribution in [0.1, 0.15) is 6.42 Å². The van der Waals surface area contributed by atoms with E-state index in [1.807, 2.05) is 72.8 Å². The van der Waals surface area contributed by atoms with E-state index in [4.69, 9.17) is 0 Å². The third kappa shape index (κ3) is 33.0. The third-order valence-corrected chi connectivity index (χ3v) is 1.80. The molecule has 24 heavy (non-hydrogen) atoms. The Morgan fingerprint density at radius 2 is 0.958 bits per heavy atom. The molecule has 0 N–H and O–H groups in total. The van der Waals surface area contributed by atoms with Crippen molar-refractivity contribution in [2.45, 2.75) is 6.42 Å². The summed E-state index contributed by atoms with van der Waals surface area (Å²) < 4.78 is 0. The molecule has 0 saturated heterocycles. The fourth-order valence-electron chi connectivity index (χ4n) is 1.02. The summed E-state index contributed by atoms with van der Waals surface area (Å²) in [6, 6.07) is 25.0. The van der Waals surface area contributed by atoms with Gasteiger partial charge in [0.25, 0.3) is 0 Å². The average molecular weight is 419 g/mol. The molecule has 0 amide bonds. The molecule has 2 heteroatoms. The Labute approximate surface area is 176 Å². The molecule has 1 aliphatic rings. The van der Waals surface area contributed by atoms with E-state index in [1.54, 1.807) is 0 Å². The van der Waals surface area contributed by atoms with Crippen molar-refractivity contribution in [1.29, 1.82) is 0 Å². The van der Waals surface area contributed by atoms with E-state index < -0.39 is 0 Å². The van der Waals surface area contributed by atoms with Crippen LogP contribution < -0.4 is 0 Å². The maximum Gasteiger partial charge on any atom is 0 e. The first-order valence-corrected chi connectivity index (χ1v) is 5.54. The quantitative estimate of drug-likeness (QED) is 0.324. The van der Waals surface area contributed by atoms with E-state index in [-0.39, 0.29) is 73.2 Å². The SMILES string of the molecule is [C-]1=CC=CC1.[CH3-].[CH3-].[CH3-].[CH3-].[CH3-].[PH2-].[Zr].[c-]1ccccc1.[c-]1ccccc1. The minimum absolute atomic E-state index is 0. The number of rotatable bonds is 0. The van der Waals surface area contributed by atoms with E-state index in [2.05, 4.69) is 24.3 Å². The number of hydrogen-bond donors (Lipinski definition) is 0. The molecular formula is C22H32PZr-9. The Morgan fingerprint density at radius 3 is 1.04 bits per heavy atom. The van der Waals surface area contributed by atoms with Gasteiger partial charge >= 0.3 is 0 Å². The van der Waals surface area contributed by atoms with Crippen molar-refractivity contribution in [1.82, 2.24) is 0 Å². The molecule has 0 aliphatic heterocycles. The molecule has 0 radical (unpaired) electrons. The molecule has 0 saturated carbocycles. The minimum atomic E-state index is 0. The molecule has 3 rings (SSSR count). The maximum atomic E-state index is 2.99. The molecule has 2 aromatic rings. The summed E-state index contributed by atoms with van der Waals surface area (Å²) >= 11 is 0. The minimum Gasteiger partial charge on any atom is -0.577 e. The Balaban J connectivity index is -0.0000000316. The fourth-order valence-corrected chi connectivity index (χ4v) is 1.02. The summed E-state index contributed by atoms with van der Waals surface area (Å²) in [4.78, 5) is 0. The second-order valence-corrected chi connectivity index (χ2v) is 3.16. The molecule has 0 spiro atoms. The predicted molar refractivity (Wildman–Crippen MR) is 114 cm³/mol. The molecule has 138 valence electrons. The van der Waals surface area contributed by atoms with Crippen molar-refractivity contribution in [2.24, 2.45) is 0 Å². The molecule has 1 aliphatic carbocycles. The van der Waals surface area contributed by atoms with Crippen molar-refractivity contribution >= 4 is 9.90 Å². The van der Waals surface area contributed by atoms with E-state index in [0.29, 0.717) is 0 Å². The van der Waals surface area contributed by atoms with E-state index >= 15 is 0 Å². The monoisotopic (exact) mass is 417 g/mol. The summed E-state index contributed by atoms with van der Waals surface area (Å²) in [6.07, 6.45) is 10.0. The van der Waals surface area contributed by atoms with Crippen molar-refractivity contribution in [3.8, 4) is 0 Å². The van der Waals surface area contributed by atoms with Crippen LogP contribution in [0.15, 0.2) is 78.9 Å². The first-order valence-electron chi connectivity index (χ1n) is 5.54. The smallest absolute Gasteiger partial charge is 0 e. The number of hydrogen-bond acceptors (Lipinski definition) is 0. The zero-order valence-corrected chi connectivity index (χ0v) is 19.4. The van der Waals surface area contributed by atoms with Crippen molar-refractivity contribution < 1.29 is 26.2 Å². The first-order chi connectivity index (χ1) is 8.50. The molecule has 0 atom stereocenters. The number of allylic oxidation sites excluding steroid dienone is 4. The Kier molecular flexibility index (Phi) is 69.1. The summed E-state index contributed by atoms with van der Waals surface area (Å²) in [6.45, 7) is 0. The Hall–Kier alpha value is -0.767. The summed E-state index contributed by atoms with van der Waals surface area (Å²) in [7, 11) is 0. The van der Waals surface area contributed by atoms with Crippen LogP contribution in [-0.2, 0) is 26.2 Å². The van der Waals surface area contributed by atoms with Crippen LogP contribution in [-0.4, -0.2) is 0 Å². The van der Waals surface area contributed by atoms with E-state index in [1.165, 1.54) is 0 Å². The van der Waals surface area contributed by atoms with Gasteiger partial charge < -0.3 is 47.0 Å². The normalized spacial score (nSPS) is 7.67. The maximum absolute atomic E-state index is 2.99. The average Bonchev–Trinajstić information content (AvgIpc) is 3.03. The van der Waals surface area contributed by atoms with E-state index in [0.717, 1.165) is 6.42 Å². The molecule has 0 nitrogen and oxygen atoms in total. The van der Waals surface area contributed by atoms with Gasteiger partial charge in [-0.3, -0.25) is 6.08 Å². The van der Waals surface area contributed by atoms with Crippen LogP contribution in [0.25, 0.3) is 0 Å². The number of benzene rings is 2. The van der Waals surface area contributed by atoms with Crippen molar-refractivity contribution in [3.05, 3.63) is 134 Å². The second-order valence-electron chi connectivity index (χ2n) is 3.16. The van der Waals surface area contributed by atoms with Gasteiger partial charge in [0.05, 0.1) is 0 Å². The van der Waals surface area contributed by atoms with Crippen LogP contribution in [0.5, 0.6) is 0 Å². The van der Waals surface area contributed by atoms with Gasteiger partial charge in [0, 0.05) is 26.2 Å². The van der Waals surface area contributed by atoms with Crippen molar-refractivity contribution in [3.63, 3.8) is 0 Å². The van der Waals surface area contributed by atoms with Crippen LogP contribution in [0, 0.1) is 55.3 Å². The van der Waals surface area contributed by atoms with Gasteiger partial charge in [-0.05, 0) is 0 Å². The topological polar surface area (TPSA) is 0 Å². The van der Waals surface area contributed by atoms with Gasteiger partial charge in [-0.2, -0.15) is 78.9 Å². The molecule has 0 aromatic heterocycles. The van der Waals surface area contributed by atoms with Crippen LogP contribution in [0.3, 0.4) is 0 Å². The summed E-state index contributed by atoms with van der Waals surface area (Å²) in [5.41, 5.74) is 0. The fraction of sp³-hybridized carbons (Fsp3) is 0.0455. The van der Waals surface area contributed by atoms with Crippen LogP contribution in [0.4, 0.5) is 0 Å². The predicted octanol–water partition coefficient (Wildman–Crippen LogP) is 6.85. The Bertz CT molecular complexity index is 316. The van der Waals surface area contributed by atoms with Crippen LogP contribution >= 0.6 is 9.90 Å². The van der Waals surface area contributed by atoms with Gasteiger partial charge in [-0.1, -0.05) is 0 Å². The van der Waals surface area contributed by atoms with Gasteiger partial charge in [0.15, 0.2) is 0 Å². The van der Waals surface area contributed by atoms with Gasteiger partial charge in [-0.15, -0.1) is 6.42 Å². The largest absolute Gasteiger partial charge is 0.577 e. The zero-order valence-electron chi connectivity index (χ0n) is 15.8. The van der Waals surface area contributed by atoms with Crippen molar-refractivity contribution in [2.75, 3.05) is 0 Å². The molecule has 0 unspecified atom stereocenters. The standard InChI is InChI=1S/2C6H5.C5H5.5CH3.H2P.Zr/c2*1-2-4-6-5-3-1;1-2-4-5-3-1;;;;;;;/h2*1-5H;1-3H,4H2;5*1H3;1H2;/q9*-1;. The van der Waals surface area contributed by atoms with Gasteiger partial charge in [0.2, 0.25) is 0 Å². The zero-order chi connectivity index (χ0) is 12.0. The van der Waals surface area contributed by atoms with Gasteiger partial charge in [0.1, 0.15) is 0 Å². The van der Waals surface area contributed by atoms with Gasteiger partial charge in [-0.25, -0.2) is 12.2 Å². The molecule has 0 fully saturated rings. The third-order valence-electron chi connectivity index (χ3n) is 1.80. The molecular weight excluding hydrogens is 386 g/mol. The summed E-state index contributed by atoms with van der Waals surface area (Å²) in [5, 5.41) is 0. The molecule has 0 heterocycles. The molecule has 2 aromatic carbocycles. The molecule has 0 bridgehead atoms. The first kappa shape index (κ1) is 43.6. The Morgan fingerprint density at radius 1 is 0.583 bits per heavy atom. The van der Waals surface area contributed by atoms with E-state index in [9.17, 15) is 0 Å². The summed E-state index contributed by atoms with van der Waals surface area (Å²) in [5.74, 6) is 0. The second kappa shape index (κ2) is 38.0. The van der Waals surface area contributed by atoms with Crippen LogP contribution in [0.2, 0.25) is 0 Å².